The smallest absolute Gasteiger partial charge is 0.225 e. The first kappa shape index (κ1) is 11.4. The summed E-state index contributed by atoms with van der Waals surface area (Å²) in [5, 5.41) is 7.20. The standard InChI is InChI=1S/C10H17N5/c1-8(2)15(7-4-9(11)12)10-13-5-3-6-14-10/h3,5-6,8H,4,7H2,1-2H3,(H3,11,12). The van der Waals surface area contributed by atoms with Crippen molar-refractivity contribution in [2.24, 2.45) is 5.73 Å². The molecule has 0 aromatic carbocycles. The van der Waals surface area contributed by atoms with Crippen LogP contribution in [-0.4, -0.2) is 28.4 Å². The van der Waals surface area contributed by atoms with Crippen LogP contribution < -0.4 is 10.6 Å². The fourth-order valence-corrected chi connectivity index (χ4v) is 1.27. The van der Waals surface area contributed by atoms with E-state index in [0.29, 0.717) is 25.0 Å². The molecule has 5 heteroatoms. The van der Waals surface area contributed by atoms with Crippen LogP contribution in [0.2, 0.25) is 0 Å². The Morgan fingerprint density at radius 2 is 2.07 bits per heavy atom. The second-order valence-corrected chi connectivity index (χ2v) is 3.61. The third-order valence-corrected chi connectivity index (χ3v) is 2.05. The molecule has 15 heavy (non-hydrogen) atoms. The molecular formula is C10H17N5. The van der Waals surface area contributed by atoms with E-state index in [1.807, 2.05) is 4.90 Å². The third kappa shape index (κ3) is 3.53. The number of hydrogen-bond donors (Lipinski definition) is 2. The summed E-state index contributed by atoms with van der Waals surface area (Å²) in [5.74, 6) is 0.880. The Hall–Kier alpha value is -1.65. The van der Waals surface area contributed by atoms with Gasteiger partial charge in [-0.25, -0.2) is 9.97 Å². The minimum absolute atomic E-state index is 0.191. The number of rotatable bonds is 5. The van der Waals surface area contributed by atoms with E-state index >= 15 is 0 Å². The number of nitrogens with zero attached hydrogens (tertiary/aromatic N) is 3. The Bertz CT molecular complexity index is 309. The number of hydrogen-bond acceptors (Lipinski definition) is 4. The molecule has 82 valence electrons. The highest BCUT2D eigenvalue weighted by atomic mass is 15.3. The maximum Gasteiger partial charge on any atom is 0.225 e. The Kier molecular flexibility index (Phi) is 4.03. The number of aromatic nitrogens is 2. The van der Waals surface area contributed by atoms with E-state index in [4.69, 9.17) is 11.1 Å². The van der Waals surface area contributed by atoms with Crippen molar-refractivity contribution in [3.05, 3.63) is 18.5 Å². The molecule has 0 aliphatic rings. The van der Waals surface area contributed by atoms with Crippen LogP contribution in [0.15, 0.2) is 18.5 Å². The average molecular weight is 207 g/mol. The Morgan fingerprint density at radius 1 is 1.47 bits per heavy atom. The van der Waals surface area contributed by atoms with Gasteiger partial charge in [-0.2, -0.15) is 0 Å². The minimum atomic E-state index is 0.191. The van der Waals surface area contributed by atoms with Crippen molar-refractivity contribution in [2.45, 2.75) is 26.3 Å². The molecule has 0 aliphatic carbocycles. The predicted molar refractivity (Wildman–Crippen MR) is 61.0 cm³/mol. The zero-order valence-corrected chi connectivity index (χ0v) is 9.14. The van der Waals surface area contributed by atoms with Crippen LogP contribution in [0.3, 0.4) is 0 Å². The lowest BCUT2D eigenvalue weighted by Gasteiger charge is -2.26. The quantitative estimate of drug-likeness (QED) is 0.558. The normalized spacial score (nSPS) is 10.3. The molecule has 0 unspecified atom stereocenters. The van der Waals surface area contributed by atoms with E-state index in [1.165, 1.54) is 0 Å². The first-order valence-corrected chi connectivity index (χ1v) is 4.98. The third-order valence-electron chi connectivity index (χ3n) is 2.05. The van der Waals surface area contributed by atoms with Crippen molar-refractivity contribution in [2.75, 3.05) is 11.4 Å². The molecule has 3 N–H and O–H groups in total. The van der Waals surface area contributed by atoms with Crippen LogP contribution in [-0.2, 0) is 0 Å². The lowest BCUT2D eigenvalue weighted by Crippen LogP contribution is -2.35. The summed E-state index contributed by atoms with van der Waals surface area (Å²) < 4.78 is 0. The first-order chi connectivity index (χ1) is 7.11. The van der Waals surface area contributed by atoms with Crippen LogP contribution in [0.25, 0.3) is 0 Å². The Balaban J connectivity index is 2.70. The van der Waals surface area contributed by atoms with Crippen LogP contribution in [0.5, 0.6) is 0 Å². The average Bonchev–Trinajstić information content (AvgIpc) is 2.18. The highest BCUT2D eigenvalue weighted by Crippen LogP contribution is 2.09. The van der Waals surface area contributed by atoms with Crippen LogP contribution >= 0.6 is 0 Å². The highest BCUT2D eigenvalue weighted by molar-refractivity contribution is 5.77. The number of nitrogens with two attached hydrogens (primary N) is 1. The van der Waals surface area contributed by atoms with Crippen molar-refractivity contribution in [3.63, 3.8) is 0 Å². The second-order valence-electron chi connectivity index (χ2n) is 3.61. The van der Waals surface area contributed by atoms with E-state index in [-0.39, 0.29) is 5.84 Å². The molecular weight excluding hydrogens is 190 g/mol. The van der Waals surface area contributed by atoms with Crippen LogP contribution in [0, 0.1) is 5.41 Å². The fourth-order valence-electron chi connectivity index (χ4n) is 1.27. The van der Waals surface area contributed by atoms with Gasteiger partial charge in [0.2, 0.25) is 5.95 Å². The Morgan fingerprint density at radius 3 is 2.53 bits per heavy atom. The Labute approximate surface area is 89.8 Å². The molecule has 0 atom stereocenters. The number of amidine groups is 1. The minimum Gasteiger partial charge on any atom is -0.388 e. The van der Waals surface area contributed by atoms with E-state index in [9.17, 15) is 0 Å². The number of anilines is 1. The maximum absolute atomic E-state index is 7.20. The van der Waals surface area contributed by atoms with Crippen molar-refractivity contribution in [1.82, 2.24) is 9.97 Å². The largest absolute Gasteiger partial charge is 0.388 e. The maximum atomic E-state index is 7.20. The molecule has 1 aromatic heterocycles. The lowest BCUT2D eigenvalue weighted by atomic mass is 10.3. The number of nitrogens with one attached hydrogen (secondary N) is 1. The predicted octanol–water partition coefficient (Wildman–Crippen LogP) is 1.02. The monoisotopic (exact) mass is 207 g/mol. The first-order valence-electron chi connectivity index (χ1n) is 4.98. The molecule has 5 nitrogen and oxygen atoms in total. The lowest BCUT2D eigenvalue weighted by molar-refractivity contribution is 0.667. The molecule has 0 amide bonds. The summed E-state index contributed by atoms with van der Waals surface area (Å²) in [6.07, 6.45) is 3.97. The summed E-state index contributed by atoms with van der Waals surface area (Å²) >= 11 is 0. The van der Waals surface area contributed by atoms with E-state index in [2.05, 4.69) is 23.8 Å². The topological polar surface area (TPSA) is 78.9 Å². The van der Waals surface area contributed by atoms with E-state index in [0.717, 1.165) is 0 Å². The van der Waals surface area contributed by atoms with Crippen LogP contribution in [0.4, 0.5) is 5.95 Å². The molecule has 1 rings (SSSR count). The van der Waals surface area contributed by atoms with Gasteiger partial charge in [-0.1, -0.05) is 0 Å². The zero-order chi connectivity index (χ0) is 11.3. The molecule has 0 fully saturated rings. The molecule has 0 bridgehead atoms. The summed E-state index contributed by atoms with van der Waals surface area (Å²) in [5.41, 5.74) is 5.33. The van der Waals surface area contributed by atoms with Crippen molar-refractivity contribution >= 4 is 11.8 Å². The molecule has 1 heterocycles. The summed E-state index contributed by atoms with van der Waals surface area (Å²) in [7, 11) is 0. The molecule has 1 aromatic rings. The van der Waals surface area contributed by atoms with E-state index in [1.54, 1.807) is 18.5 Å². The van der Waals surface area contributed by atoms with Crippen molar-refractivity contribution < 1.29 is 0 Å². The van der Waals surface area contributed by atoms with Gasteiger partial charge >= 0.3 is 0 Å². The van der Waals surface area contributed by atoms with Gasteiger partial charge in [0.25, 0.3) is 0 Å². The van der Waals surface area contributed by atoms with Gasteiger partial charge in [0, 0.05) is 31.4 Å². The van der Waals surface area contributed by atoms with Gasteiger partial charge in [-0.05, 0) is 19.9 Å². The van der Waals surface area contributed by atoms with Gasteiger partial charge in [-0.15, -0.1) is 0 Å². The zero-order valence-electron chi connectivity index (χ0n) is 9.14. The molecule has 0 saturated carbocycles. The fraction of sp³-hybridized carbons (Fsp3) is 0.500. The summed E-state index contributed by atoms with van der Waals surface area (Å²) in [6, 6.07) is 2.08. The van der Waals surface area contributed by atoms with Gasteiger partial charge in [0.05, 0.1) is 5.84 Å². The molecule has 0 radical (unpaired) electrons. The molecule has 0 aliphatic heterocycles. The molecule has 0 saturated heterocycles. The van der Waals surface area contributed by atoms with Gasteiger partial charge < -0.3 is 10.6 Å². The molecule has 0 spiro atoms. The van der Waals surface area contributed by atoms with E-state index < -0.39 is 0 Å². The van der Waals surface area contributed by atoms with Gasteiger partial charge in [-0.3, -0.25) is 5.41 Å². The SMILES string of the molecule is CC(C)N(CCC(=N)N)c1ncccn1. The summed E-state index contributed by atoms with van der Waals surface area (Å²) in [6.45, 7) is 4.81. The second kappa shape index (κ2) is 5.29. The van der Waals surface area contributed by atoms with Crippen LogP contribution in [0.1, 0.15) is 20.3 Å². The van der Waals surface area contributed by atoms with Crippen molar-refractivity contribution in [1.29, 1.82) is 5.41 Å². The van der Waals surface area contributed by atoms with Crippen molar-refractivity contribution in [3.8, 4) is 0 Å². The highest BCUT2D eigenvalue weighted by Gasteiger charge is 2.12. The van der Waals surface area contributed by atoms with Gasteiger partial charge in [0.15, 0.2) is 0 Å². The summed E-state index contributed by atoms with van der Waals surface area (Å²) in [4.78, 5) is 10.4. The van der Waals surface area contributed by atoms with Gasteiger partial charge in [0.1, 0.15) is 0 Å².